The van der Waals surface area contributed by atoms with Gasteiger partial charge in [-0.05, 0) is 86.4 Å². The van der Waals surface area contributed by atoms with Crippen LogP contribution < -0.4 is 4.90 Å². The Kier molecular flexibility index (Phi) is 8.39. The van der Waals surface area contributed by atoms with Crippen molar-refractivity contribution in [2.45, 2.75) is 0 Å². The van der Waals surface area contributed by atoms with E-state index >= 15 is 0 Å². The first-order valence-corrected chi connectivity index (χ1v) is 21.6. The van der Waals surface area contributed by atoms with E-state index in [0.29, 0.717) is 0 Å². The molecular weight excluding hydrogens is 759 g/mol. The largest absolute Gasteiger partial charge is 0.455 e. The molecule has 3 heteroatoms. The minimum Gasteiger partial charge on any atom is -0.455 e. The molecule has 61 heavy (non-hydrogen) atoms. The summed E-state index contributed by atoms with van der Waals surface area (Å²) < 4.78 is 9.58. The third kappa shape index (κ3) is 5.93. The number of hydrogen-bond donors (Lipinski definition) is 0. The highest BCUT2D eigenvalue weighted by molar-refractivity contribution is 7.26. The molecule has 0 fully saturated rings. The maximum absolute atomic E-state index is 7.01. The Morgan fingerprint density at radius 2 is 0.852 bits per heavy atom. The summed E-state index contributed by atoms with van der Waals surface area (Å²) >= 11 is 1.86. The van der Waals surface area contributed by atoms with Crippen molar-refractivity contribution in [2.75, 3.05) is 4.90 Å². The summed E-state index contributed by atoms with van der Waals surface area (Å²) in [4.78, 5) is 2.41. The van der Waals surface area contributed by atoms with Gasteiger partial charge in [-0.25, -0.2) is 0 Å². The number of hydrogen-bond acceptors (Lipinski definition) is 3. The van der Waals surface area contributed by atoms with E-state index in [4.69, 9.17) is 4.42 Å². The zero-order chi connectivity index (χ0) is 40.3. The standard InChI is InChI=1S/C58H37NOS/c1-4-15-38(16-5-1)39-27-32-44(33-28-39)59(52-25-14-24-50-48-22-12-13-26-53(48)61-58(50)52)45-34-29-40(30-35-45)43-31-36-47-46-21-10-11-23-49(46)57-55(51(47)37-43)54(41-17-6-2-7-18-41)56(60-57)42-19-8-3-9-20-42/h1-37H. The van der Waals surface area contributed by atoms with Crippen molar-refractivity contribution in [1.82, 2.24) is 0 Å². The molecule has 12 rings (SSSR count). The predicted molar refractivity (Wildman–Crippen MR) is 261 cm³/mol. The van der Waals surface area contributed by atoms with E-state index in [1.54, 1.807) is 0 Å². The topological polar surface area (TPSA) is 16.4 Å². The Balaban J connectivity index is 1.03. The van der Waals surface area contributed by atoms with Crippen LogP contribution in [-0.4, -0.2) is 0 Å². The van der Waals surface area contributed by atoms with Gasteiger partial charge in [0.2, 0.25) is 0 Å². The first-order chi connectivity index (χ1) is 30.3. The van der Waals surface area contributed by atoms with Gasteiger partial charge in [0.25, 0.3) is 0 Å². The maximum Gasteiger partial charge on any atom is 0.143 e. The lowest BCUT2D eigenvalue weighted by Crippen LogP contribution is -2.10. The highest BCUT2D eigenvalue weighted by Gasteiger charge is 2.23. The summed E-state index contributed by atoms with van der Waals surface area (Å²) in [5.74, 6) is 0.889. The molecule has 0 amide bonds. The number of furan rings is 1. The summed E-state index contributed by atoms with van der Waals surface area (Å²) in [5, 5.41) is 8.40. The molecule has 0 atom stereocenters. The third-order valence-corrected chi connectivity index (χ3v) is 13.3. The first-order valence-electron chi connectivity index (χ1n) is 20.7. The number of fused-ring (bicyclic) bond motifs is 9. The molecule has 0 spiro atoms. The van der Waals surface area contributed by atoms with Crippen molar-refractivity contribution in [2.24, 2.45) is 0 Å². The first kappa shape index (κ1) is 35.2. The van der Waals surface area contributed by atoms with Crippen LogP contribution in [0.3, 0.4) is 0 Å². The van der Waals surface area contributed by atoms with Gasteiger partial charge in [0.1, 0.15) is 11.3 Å². The van der Waals surface area contributed by atoms with Crippen LogP contribution in [0.25, 0.3) is 97.4 Å². The average Bonchev–Trinajstić information content (AvgIpc) is 3.94. The number of rotatable bonds is 7. The molecule has 0 bridgehead atoms. The molecule has 0 aliphatic rings. The molecule has 2 aromatic heterocycles. The molecule has 0 aliphatic heterocycles. The molecule has 286 valence electrons. The number of thiophene rings is 1. The molecule has 10 aromatic carbocycles. The van der Waals surface area contributed by atoms with E-state index in [-0.39, 0.29) is 0 Å². The normalized spacial score (nSPS) is 11.6. The smallest absolute Gasteiger partial charge is 0.143 e. The van der Waals surface area contributed by atoms with Crippen molar-refractivity contribution in [1.29, 1.82) is 0 Å². The number of nitrogens with zero attached hydrogens (tertiary/aromatic N) is 1. The van der Waals surface area contributed by atoms with Crippen LogP contribution in [0.5, 0.6) is 0 Å². The minimum atomic E-state index is 0.889. The van der Waals surface area contributed by atoms with Crippen LogP contribution in [0, 0.1) is 0 Å². The van der Waals surface area contributed by atoms with Crippen molar-refractivity contribution >= 4 is 81.1 Å². The lowest BCUT2D eigenvalue weighted by molar-refractivity contribution is 0.636. The second-order valence-electron chi connectivity index (χ2n) is 15.6. The lowest BCUT2D eigenvalue weighted by Gasteiger charge is -2.26. The van der Waals surface area contributed by atoms with Gasteiger partial charge in [-0.3, -0.25) is 0 Å². The van der Waals surface area contributed by atoms with Crippen molar-refractivity contribution in [3.63, 3.8) is 0 Å². The van der Waals surface area contributed by atoms with Crippen molar-refractivity contribution in [3.8, 4) is 44.7 Å². The highest BCUT2D eigenvalue weighted by Crippen LogP contribution is 2.49. The van der Waals surface area contributed by atoms with Crippen LogP contribution in [0.1, 0.15) is 0 Å². The molecule has 0 N–H and O–H groups in total. The molecule has 2 heterocycles. The van der Waals surface area contributed by atoms with E-state index in [2.05, 4.69) is 229 Å². The van der Waals surface area contributed by atoms with Gasteiger partial charge in [0.05, 0.1) is 10.4 Å². The summed E-state index contributed by atoms with van der Waals surface area (Å²) in [5.41, 5.74) is 12.3. The fraction of sp³-hybridized carbons (Fsp3) is 0. The zero-order valence-electron chi connectivity index (χ0n) is 33.1. The molecule has 0 saturated carbocycles. The summed E-state index contributed by atoms with van der Waals surface area (Å²) in [6.07, 6.45) is 0. The fourth-order valence-electron chi connectivity index (χ4n) is 9.20. The van der Waals surface area contributed by atoms with Gasteiger partial charge in [-0.1, -0.05) is 182 Å². The fourth-order valence-corrected chi connectivity index (χ4v) is 10.4. The lowest BCUT2D eigenvalue weighted by atomic mass is 9.90. The Morgan fingerprint density at radius 1 is 0.344 bits per heavy atom. The van der Waals surface area contributed by atoms with Crippen molar-refractivity contribution < 1.29 is 4.42 Å². The van der Waals surface area contributed by atoms with E-state index in [9.17, 15) is 0 Å². The number of benzene rings is 10. The van der Waals surface area contributed by atoms with Crippen LogP contribution in [-0.2, 0) is 0 Å². The van der Waals surface area contributed by atoms with E-state index in [1.807, 2.05) is 11.3 Å². The Bertz CT molecular complexity index is 3550. The van der Waals surface area contributed by atoms with Gasteiger partial charge in [0, 0.05) is 48.7 Å². The van der Waals surface area contributed by atoms with E-state index in [0.717, 1.165) is 61.3 Å². The maximum atomic E-state index is 7.01. The Morgan fingerprint density at radius 3 is 1.54 bits per heavy atom. The highest BCUT2D eigenvalue weighted by atomic mass is 32.1. The molecule has 2 nitrogen and oxygen atoms in total. The zero-order valence-corrected chi connectivity index (χ0v) is 33.9. The predicted octanol–water partition coefficient (Wildman–Crippen LogP) is 17.2. The van der Waals surface area contributed by atoms with E-state index in [1.165, 1.54) is 53.1 Å². The van der Waals surface area contributed by atoms with Crippen molar-refractivity contribution in [3.05, 3.63) is 224 Å². The van der Waals surface area contributed by atoms with Gasteiger partial charge >= 0.3 is 0 Å². The molecule has 12 aromatic rings. The third-order valence-electron chi connectivity index (χ3n) is 12.1. The summed E-state index contributed by atoms with van der Waals surface area (Å²) in [6, 6.07) is 80.9. The van der Waals surface area contributed by atoms with Gasteiger partial charge in [-0.2, -0.15) is 0 Å². The van der Waals surface area contributed by atoms with Gasteiger partial charge < -0.3 is 9.32 Å². The van der Waals surface area contributed by atoms with Crippen LogP contribution in [0.2, 0.25) is 0 Å². The monoisotopic (exact) mass is 795 g/mol. The molecule has 0 unspecified atom stereocenters. The van der Waals surface area contributed by atoms with Gasteiger partial charge in [-0.15, -0.1) is 11.3 Å². The molecular formula is C58H37NOS. The second kappa shape index (κ2) is 14.5. The number of anilines is 3. The average molecular weight is 796 g/mol. The van der Waals surface area contributed by atoms with Crippen LogP contribution >= 0.6 is 11.3 Å². The Labute approximate surface area is 357 Å². The summed E-state index contributed by atoms with van der Waals surface area (Å²) in [7, 11) is 0. The quantitative estimate of drug-likeness (QED) is 0.149. The Hall–Kier alpha value is -7.72. The molecule has 0 radical (unpaired) electrons. The van der Waals surface area contributed by atoms with Crippen LogP contribution in [0.15, 0.2) is 229 Å². The minimum absolute atomic E-state index is 0.889. The second-order valence-corrected chi connectivity index (χ2v) is 16.6. The summed E-state index contributed by atoms with van der Waals surface area (Å²) in [6.45, 7) is 0. The van der Waals surface area contributed by atoms with Gasteiger partial charge in [0.15, 0.2) is 0 Å². The van der Waals surface area contributed by atoms with Crippen LogP contribution in [0.4, 0.5) is 17.1 Å². The van der Waals surface area contributed by atoms with E-state index < -0.39 is 0 Å². The molecule has 0 saturated heterocycles. The molecule has 0 aliphatic carbocycles. The SMILES string of the molecule is c1ccc(-c2ccc(N(c3ccc(-c4ccc5c6ccccc6c6oc(-c7ccccc7)c(-c7ccccc7)c6c5c4)cc3)c3cccc4c3sc3ccccc34)cc2)cc1.